The van der Waals surface area contributed by atoms with Crippen molar-refractivity contribution < 1.29 is 9.90 Å². The third-order valence-electron chi connectivity index (χ3n) is 3.18. The minimum Gasteiger partial charge on any atom is -0.396 e. The quantitative estimate of drug-likeness (QED) is 0.731. The van der Waals surface area contributed by atoms with E-state index in [-0.39, 0.29) is 24.6 Å². The van der Waals surface area contributed by atoms with Crippen molar-refractivity contribution in [1.29, 1.82) is 0 Å². The van der Waals surface area contributed by atoms with Gasteiger partial charge < -0.3 is 10.4 Å². The molecule has 0 spiro atoms. The molecule has 2 atom stereocenters. The van der Waals surface area contributed by atoms with E-state index in [1.54, 1.807) is 11.7 Å². The molecule has 2 amide bonds. The summed E-state index contributed by atoms with van der Waals surface area (Å²) in [5.41, 5.74) is 0.970. The Bertz CT molecular complexity index is 417. The number of carbonyl (C=O) groups excluding carboxylic acids is 1. The SMILES string of the molecule is CCCc1cc(NC(=O)NC(C)C(C)CO)n(C)n1. The summed E-state index contributed by atoms with van der Waals surface area (Å²) >= 11 is 0. The highest BCUT2D eigenvalue weighted by atomic mass is 16.3. The molecule has 0 radical (unpaired) electrons. The summed E-state index contributed by atoms with van der Waals surface area (Å²) in [6.07, 6.45) is 1.92. The molecule has 0 aliphatic rings. The summed E-state index contributed by atoms with van der Waals surface area (Å²) in [5.74, 6) is 0.692. The van der Waals surface area contributed by atoms with Crippen molar-refractivity contribution in [3.05, 3.63) is 11.8 Å². The number of hydrogen-bond donors (Lipinski definition) is 3. The average molecular weight is 268 g/mol. The van der Waals surface area contributed by atoms with E-state index < -0.39 is 0 Å². The second-order valence-corrected chi connectivity index (χ2v) is 4.94. The van der Waals surface area contributed by atoms with E-state index in [9.17, 15) is 4.79 Å². The molecule has 0 aliphatic heterocycles. The van der Waals surface area contributed by atoms with Crippen LogP contribution in [0, 0.1) is 5.92 Å². The van der Waals surface area contributed by atoms with Crippen LogP contribution in [0.25, 0.3) is 0 Å². The van der Waals surface area contributed by atoms with Gasteiger partial charge in [0.1, 0.15) is 5.82 Å². The number of aromatic nitrogens is 2. The van der Waals surface area contributed by atoms with Gasteiger partial charge in [-0.1, -0.05) is 20.3 Å². The van der Waals surface area contributed by atoms with Crippen LogP contribution in [-0.2, 0) is 13.5 Å². The molecule has 1 aromatic heterocycles. The lowest BCUT2D eigenvalue weighted by atomic mass is 10.1. The van der Waals surface area contributed by atoms with Crippen LogP contribution >= 0.6 is 0 Å². The van der Waals surface area contributed by atoms with Gasteiger partial charge in [-0.05, 0) is 19.3 Å². The van der Waals surface area contributed by atoms with Gasteiger partial charge in [0.15, 0.2) is 0 Å². The molecule has 6 heteroatoms. The molecule has 1 heterocycles. The number of nitrogens with zero attached hydrogens (tertiary/aromatic N) is 2. The number of urea groups is 1. The van der Waals surface area contributed by atoms with Crippen LogP contribution in [-0.4, -0.2) is 33.6 Å². The molecule has 108 valence electrons. The highest BCUT2D eigenvalue weighted by molar-refractivity contribution is 5.88. The molecule has 0 saturated carbocycles. The molecule has 19 heavy (non-hydrogen) atoms. The number of rotatable bonds is 6. The average Bonchev–Trinajstić information content (AvgIpc) is 2.69. The van der Waals surface area contributed by atoms with Gasteiger partial charge in [-0.2, -0.15) is 5.10 Å². The van der Waals surface area contributed by atoms with Crippen LogP contribution in [0.4, 0.5) is 10.6 Å². The van der Waals surface area contributed by atoms with Gasteiger partial charge in [0, 0.05) is 25.8 Å². The Morgan fingerprint density at radius 3 is 2.79 bits per heavy atom. The number of aryl methyl sites for hydroxylation is 2. The van der Waals surface area contributed by atoms with E-state index in [1.807, 2.05) is 19.9 Å². The van der Waals surface area contributed by atoms with Crippen LogP contribution in [0.2, 0.25) is 0 Å². The molecule has 0 bridgehead atoms. The Kier molecular flexibility index (Phi) is 5.82. The Morgan fingerprint density at radius 1 is 1.53 bits per heavy atom. The van der Waals surface area contributed by atoms with E-state index in [2.05, 4.69) is 22.7 Å². The first-order valence-electron chi connectivity index (χ1n) is 6.69. The summed E-state index contributed by atoms with van der Waals surface area (Å²) in [6.45, 7) is 5.89. The number of amides is 2. The van der Waals surface area contributed by atoms with Crippen LogP contribution in [0.5, 0.6) is 0 Å². The van der Waals surface area contributed by atoms with Crippen molar-refractivity contribution in [2.24, 2.45) is 13.0 Å². The fourth-order valence-corrected chi connectivity index (χ4v) is 1.68. The predicted octanol–water partition coefficient (Wildman–Crippen LogP) is 1.51. The maximum absolute atomic E-state index is 11.8. The van der Waals surface area contributed by atoms with Gasteiger partial charge in [-0.15, -0.1) is 0 Å². The molecule has 0 fully saturated rings. The molecule has 2 unspecified atom stereocenters. The predicted molar refractivity (Wildman–Crippen MR) is 75.1 cm³/mol. The van der Waals surface area contributed by atoms with E-state index >= 15 is 0 Å². The molecular weight excluding hydrogens is 244 g/mol. The highest BCUT2D eigenvalue weighted by Crippen LogP contribution is 2.11. The number of hydrogen-bond acceptors (Lipinski definition) is 3. The van der Waals surface area contributed by atoms with Crippen LogP contribution in [0.15, 0.2) is 6.07 Å². The molecule has 1 rings (SSSR count). The van der Waals surface area contributed by atoms with E-state index in [0.717, 1.165) is 18.5 Å². The Balaban J connectivity index is 2.57. The third kappa shape index (κ3) is 4.55. The summed E-state index contributed by atoms with van der Waals surface area (Å²) in [5, 5.41) is 18.9. The molecule has 1 aromatic rings. The van der Waals surface area contributed by atoms with Gasteiger partial charge in [0.2, 0.25) is 0 Å². The number of nitrogens with one attached hydrogen (secondary N) is 2. The third-order valence-corrected chi connectivity index (χ3v) is 3.18. The van der Waals surface area contributed by atoms with Gasteiger partial charge in [-0.25, -0.2) is 4.79 Å². The number of anilines is 1. The molecular formula is C13H24N4O2. The maximum Gasteiger partial charge on any atom is 0.320 e. The topological polar surface area (TPSA) is 79.2 Å². The second-order valence-electron chi connectivity index (χ2n) is 4.94. The smallest absolute Gasteiger partial charge is 0.320 e. The first kappa shape index (κ1) is 15.5. The highest BCUT2D eigenvalue weighted by Gasteiger charge is 2.15. The van der Waals surface area contributed by atoms with Gasteiger partial charge >= 0.3 is 6.03 Å². The summed E-state index contributed by atoms with van der Waals surface area (Å²) < 4.78 is 1.66. The molecule has 0 aliphatic carbocycles. The largest absolute Gasteiger partial charge is 0.396 e. The molecule has 0 aromatic carbocycles. The number of aliphatic hydroxyl groups excluding tert-OH is 1. The minimum absolute atomic E-state index is 0.0212. The van der Waals surface area contributed by atoms with Gasteiger partial charge in [0.05, 0.1) is 5.69 Å². The Hall–Kier alpha value is -1.56. The monoisotopic (exact) mass is 268 g/mol. The summed E-state index contributed by atoms with van der Waals surface area (Å²) in [7, 11) is 1.80. The Labute approximate surface area is 114 Å². The molecule has 6 nitrogen and oxygen atoms in total. The minimum atomic E-state index is -0.279. The molecule has 3 N–H and O–H groups in total. The summed E-state index contributed by atoms with van der Waals surface area (Å²) in [4.78, 5) is 11.8. The zero-order chi connectivity index (χ0) is 14.4. The lowest BCUT2D eigenvalue weighted by Crippen LogP contribution is -2.41. The Morgan fingerprint density at radius 2 is 2.21 bits per heavy atom. The fraction of sp³-hybridized carbons (Fsp3) is 0.692. The van der Waals surface area contributed by atoms with Crippen molar-refractivity contribution in [1.82, 2.24) is 15.1 Å². The maximum atomic E-state index is 11.8. The van der Waals surface area contributed by atoms with Crippen LogP contribution in [0.1, 0.15) is 32.9 Å². The van der Waals surface area contributed by atoms with Crippen LogP contribution < -0.4 is 10.6 Å². The zero-order valence-electron chi connectivity index (χ0n) is 12.1. The van der Waals surface area contributed by atoms with E-state index in [4.69, 9.17) is 5.11 Å². The number of carbonyl (C=O) groups is 1. The first-order chi connectivity index (χ1) is 8.97. The van der Waals surface area contributed by atoms with Crippen LogP contribution in [0.3, 0.4) is 0 Å². The zero-order valence-corrected chi connectivity index (χ0v) is 12.1. The van der Waals surface area contributed by atoms with Gasteiger partial charge in [0.25, 0.3) is 0 Å². The van der Waals surface area contributed by atoms with Crippen molar-refractivity contribution >= 4 is 11.8 Å². The number of aliphatic hydroxyl groups is 1. The fourth-order valence-electron chi connectivity index (χ4n) is 1.68. The second kappa shape index (κ2) is 7.13. The lowest BCUT2D eigenvalue weighted by molar-refractivity contribution is 0.204. The van der Waals surface area contributed by atoms with Crippen molar-refractivity contribution in [3.8, 4) is 0 Å². The summed E-state index contributed by atoms with van der Waals surface area (Å²) in [6, 6.07) is 1.51. The first-order valence-corrected chi connectivity index (χ1v) is 6.69. The molecule has 0 saturated heterocycles. The standard InChI is InChI=1S/C13H24N4O2/c1-5-6-11-7-12(17(4)16-11)15-13(19)14-10(3)9(2)8-18/h7,9-10,18H,5-6,8H2,1-4H3,(H2,14,15,19). The van der Waals surface area contributed by atoms with Gasteiger partial charge in [-0.3, -0.25) is 10.00 Å². The lowest BCUT2D eigenvalue weighted by Gasteiger charge is -2.19. The van der Waals surface area contributed by atoms with Crippen molar-refractivity contribution in [3.63, 3.8) is 0 Å². The van der Waals surface area contributed by atoms with Crippen molar-refractivity contribution in [2.45, 2.75) is 39.7 Å². The normalized spacial score (nSPS) is 13.9. The van der Waals surface area contributed by atoms with E-state index in [0.29, 0.717) is 5.82 Å². The van der Waals surface area contributed by atoms with Crippen molar-refractivity contribution in [2.75, 3.05) is 11.9 Å². The van der Waals surface area contributed by atoms with E-state index in [1.165, 1.54) is 0 Å².